The molecule has 2 rings (SSSR count). The van der Waals surface area contributed by atoms with E-state index in [0.717, 1.165) is 11.3 Å². The maximum absolute atomic E-state index is 12.6. The molecular formula is C18H24N2O3S2. The predicted octanol–water partition coefficient (Wildman–Crippen LogP) is 3.14. The van der Waals surface area contributed by atoms with Crippen LogP contribution in [0.1, 0.15) is 42.4 Å². The lowest BCUT2D eigenvalue weighted by Crippen LogP contribution is -2.37. The summed E-state index contributed by atoms with van der Waals surface area (Å²) in [6.07, 6.45) is 0.655. The molecule has 0 saturated heterocycles. The average molecular weight is 381 g/mol. The first kappa shape index (κ1) is 19.6. The highest BCUT2D eigenvalue weighted by atomic mass is 32.2. The molecule has 0 aliphatic heterocycles. The largest absolute Gasteiger partial charge is 0.354 e. The summed E-state index contributed by atoms with van der Waals surface area (Å²) in [4.78, 5) is 12.1. The Bertz CT molecular complexity index is 827. The van der Waals surface area contributed by atoms with E-state index in [-0.39, 0.29) is 22.3 Å². The lowest BCUT2D eigenvalue weighted by Gasteiger charge is -2.29. The van der Waals surface area contributed by atoms with Gasteiger partial charge in [-0.15, -0.1) is 11.3 Å². The number of rotatable bonds is 7. The van der Waals surface area contributed by atoms with E-state index in [1.807, 2.05) is 25.1 Å². The Morgan fingerprint density at radius 3 is 2.48 bits per heavy atom. The molecule has 0 bridgehead atoms. The van der Waals surface area contributed by atoms with Gasteiger partial charge < -0.3 is 5.32 Å². The summed E-state index contributed by atoms with van der Waals surface area (Å²) < 4.78 is 27.8. The van der Waals surface area contributed by atoms with Crippen molar-refractivity contribution in [3.05, 3.63) is 52.2 Å². The van der Waals surface area contributed by atoms with Gasteiger partial charge in [-0.1, -0.05) is 44.2 Å². The number of hydrogen-bond donors (Lipinski definition) is 2. The van der Waals surface area contributed by atoms with Gasteiger partial charge in [-0.05, 0) is 30.4 Å². The van der Waals surface area contributed by atoms with Crippen LogP contribution >= 0.6 is 11.3 Å². The van der Waals surface area contributed by atoms with Crippen LogP contribution in [0.5, 0.6) is 0 Å². The zero-order chi connectivity index (χ0) is 18.7. The van der Waals surface area contributed by atoms with Gasteiger partial charge in [0, 0.05) is 18.5 Å². The quantitative estimate of drug-likeness (QED) is 0.775. The van der Waals surface area contributed by atoms with Crippen LogP contribution in [0.4, 0.5) is 0 Å². The fourth-order valence-corrected chi connectivity index (χ4v) is 5.31. The molecule has 2 aromatic rings. The van der Waals surface area contributed by atoms with Gasteiger partial charge in [0.25, 0.3) is 5.91 Å². The first-order chi connectivity index (χ1) is 11.7. The van der Waals surface area contributed by atoms with Crippen molar-refractivity contribution < 1.29 is 13.2 Å². The van der Waals surface area contributed by atoms with E-state index in [1.54, 1.807) is 0 Å². The van der Waals surface area contributed by atoms with Crippen molar-refractivity contribution in [2.24, 2.45) is 0 Å². The van der Waals surface area contributed by atoms with Crippen LogP contribution in [0.25, 0.3) is 0 Å². The van der Waals surface area contributed by atoms with Crippen LogP contribution in [0.2, 0.25) is 0 Å². The third-order valence-electron chi connectivity index (χ3n) is 4.06. The molecule has 1 aromatic heterocycles. The van der Waals surface area contributed by atoms with Crippen LogP contribution in [0.15, 0.2) is 46.7 Å². The SMILES string of the molecule is CNC(=O)c1cc(S(=O)(=O)NC(C)CC(C)(C)c2ccccc2)cs1. The Morgan fingerprint density at radius 1 is 1.24 bits per heavy atom. The Hall–Kier alpha value is -1.70. The number of amides is 1. The second-order valence-corrected chi connectivity index (χ2v) is 9.33. The van der Waals surface area contributed by atoms with E-state index < -0.39 is 10.0 Å². The van der Waals surface area contributed by atoms with Crippen LogP contribution in [-0.4, -0.2) is 27.4 Å². The van der Waals surface area contributed by atoms with Crippen molar-refractivity contribution >= 4 is 27.3 Å². The van der Waals surface area contributed by atoms with Crippen molar-refractivity contribution in [3.63, 3.8) is 0 Å². The smallest absolute Gasteiger partial charge is 0.261 e. The molecule has 0 spiro atoms. The van der Waals surface area contributed by atoms with E-state index in [2.05, 4.69) is 36.0 Å². The number of thiophene rings is 1. The number of sulfonamides is 1. The molecule has 0 saturated carbocycles. The van der Waals surface area contributed by atoms with E-state index in [1.165, 1.54) is 24.1 Å². The Morgan fingerprint density at radius 2 is 1.88 bits per heavy atom. The number of nitrogens with one attached hydrogen (secondary N) is 2. The molecule has 2 N–H and O–H groups in total. The molecule has 136 valence electrons. The second kappa shape index (κ2) is 7.68. The van der Waals surface area contributed by atoms with Crippen molar-refractivity contribution in [3.8, 4) is 0 Å². The topological polar surface area (TPSA) is 75.3 Å². The molecular weight excluding hydrogens is 356 g/mol. The summed E-state index contributed by atoms with van der Waals surface area (Å²) in [5.41, 5.74) is 1.00. The van der Waals surface area contributed by atoms with Crippen molar-refractivity contribution in [2.75, 3.05) is 7.05 Å². The minimum Gasteiger partial charge on any atom is -0.354 e. The first-order valence-corrected chi connectivity index (χ1v) is 10.4. The Balaban J connectivity index is 2.09. The highest BCUT2D eigenvalue weighted by molar-refractivity contribution is 7.89. The molecule has 0 aliphatic rings. The van der Waals surface area contributed by atoms with Gasteiger partial charge in [-0.2, -0.15) is 0 Å². The highest BCUT2D eigenvalue weighted by Crippen LogP contribution is 2.29. The summed E-state index contributed by atoms with van der Waals surface area (Å²) in [5.74, 6) is -0.287. The van der Waals surface area contributed by atoms with Gasteiger partial charge in [0.15, 0.2) is 0 Å². The van der Waals surface area contributed by atoms with Gasteiger partial charge in [0.2, 0.25) is 10.0 Å². The fraction of sp³-hybridized carbons (Fsp3) is 0.389. The molecule has 0 fully saturated rings. The average Bonchev–Trinajstić information content (AvgIpc) is 3.05. The van der Waals surface area contributed by atoms with Gasteiger partial charge >= 0.3 is 0 Å². The zero-order valence-corrected chi connectivity index (χ0v) is 16.5. The first-order valence-electron chi connectivity index (χ1n) is 8.04. The molecule has 5 nitrogen and oxygen atoms in total. The molecule has 25 heavy (non-hydrogen) atoms. The standard InChI is InChI=1S/C18H24N2O3S2/c1-13(11-18(2,3)14-8-6-5-7-9-14)20-25(22,23)15-10-16(24-12-15)17(21)19-4/h5-10,12-13,20H,11H2,1-4H3,(H,19,21). The number of carbonyl (C=O) groups is 1. The fourth-order valence-electron chi connectivity index (χ4n) is 2.85. The van der Waals surface area contributed by atoms with Crippen LogP contribution in [0.3, 0.4) is 0 Å². The molecule has 0 radical (unpaired) electrons. The van der Waals surface area contributed by atoms with Crippen molar-refractivity contribution in [1.29, 1.82) is 0 Å². The lowest BCUT2D eigenvalue weighted by molar-refractivity contribution is 0.0967. The molecule has 1 aromatic carbocycles. The van der Waals surface area contributed by atoms with Gasteiger partial charge in [-0.3, -0.25) is 4.79 Å². The summed E-state index contributed by atoms with van der Waals surface area (Å²) in [5, 5.41) is 3.98. The second-order valence-electron chi connectivity index (χ2n) is 6.70. The normalized spacial score (nSPS) is 13.4. The summed E-state index contributed by atoms with van der Waals surface area (Å²) in [6.45, 7) is 6.05. The van der Waals surface area contributed by atoms with E-state index in [9.17, 15) is 13.2 Å². The predicted molar refractivity (Wildman–Crippen MR) is 102 cm³/mol. The summed E-state index contributed by atoms with van der Waals surface area (Å²) >= 11 is 1.11. The minimum absolute atomic E-state index is 0.125. The monoisotopic (exact) mass is 380 g/mol. The third kappa shape index (κ3) is 4.90. The number of carbonyl (C=O) groups excluding carboxylic acids is 1. The molecule has 7 heteroatoms. The maximum atomic E-state index is 12.6. The zero-order valence-electron chi connectivity index (χ0n) is 14.9. The highest BCUT2D eigenvalue weighted by Gasteiger charge is 2.27. The van der Waals surface area contributed by atoms with E-state index >= 15 is 0 Å². The van der Waals surface area contributed by atoms with Crippen LogP contribution in [0, 0.1) is 0 Å². The van der Waals surface area contributed by atoms with Gasteiger partial charge in [0.1, 0.15) is 0 Å². The number of benzene rings is 1. The summed E-state index contributed by atoms with van der Waals surface area (Å²) in [6, 6.07) is 11.2. The maximum Gasteiger partial charge on any atom is 0.261 e. The Labute approximate surface area is 153 Å². The van der Waals surface area contributed by atoms with Crippen molar-refractivity contribution in [1.82, 2.24) is 10.0 Å². The molecule has 1 amide bonds. The molecule has 0 aliphatic carbocycles. The molecule has 1 heterocycles. The van der Waals surface area contributed by atoms with Gasteiger partial charge in [0.05, 0.1) is 9.77 Å². The van der Waals surface area contributed by atoms with E-state index in [0.29, 0.717) is 11.3 Å². The Kier molecular flexibility index (Phi) is 6.03. The molecule has 1 atom stereocenters. The van der Waals surface area contributed by atoms with Crippen molar-refractivity contribution in [2.45, 2.75) is 43.5 Å². The van der Waals surface area contributed by atoms with Crippen LogP contribution in [-0.2, 0) is 15.4 Å². The lowest BCUT2D eigenvalue weighted by atomic mass is 9.79. The number of hydrogen-bond acceptors (Lipinski definition) is 4. The third-order valence-corrected chi connectivity index (χ3v) is 6.71. The van der Waals surface area contributed by atoms with Crippen LogP contribution < -0.4 is 10.0 Å². The van der Waals surface area contributed by atoms with E-state index in [4.69, 9.17) is 0 Å². The summed E-state index contributed by atoms with van der Waals surface area (Å²) in [7, 11) is -2.14. The molecule has 1 unspecified atom stereocenters. The van der Waals surface area contributed by atoms with Gasteiger partial charge in [-0.25, -0.2) is 13.1 Å². The minimum atomic E-state index is -3.65.